The van der Waals surface area contributed by atoms with Crippen molar-refractivity contribution in [2.24, 2.45) is 0 Å². The van der Waals surface area contributed by atoms with Crippen molar-refractivity contribution in [2.75, 3.05) is 22.6 Å². The lowest BCUT2D eigenvalue weighted by molar-refractivity contribution is -0.152. The van der Waals surface area contributed by atoms with Gasteiger partial charge in [-0.25, -0.2) is 0 Å². The SMILES string of the molecule is CCOC(=O)C1(C)C(=O)Nc2cc3c(cc21)NC(c1ccccc1)N3. The molecule has 2 aromatic rings. The summed E-state index contributed by atoms with van der Waals surface area (Å²) in [6, 6.07) is 13.7. The molecule has 0 saturated carbocycles. The van der Waals surface area contributed by atoms with Crippen molar-refractivity contribution in [3.05, 3.63) is 53.6 Å². The standard InChI is InChI=1S/C19H19N3O3/c1-3-25-18(24)19(2)12-9-14-15(10-13(12)22-17(19)23)21-16(20-14)11-7-5-4-6-8-11/h4-10,16,20-21H,3H2,1-2H3,(H,22,23). The molecule has 3 N–H and O–H groups in total. The smallest absolute Gasteiger partial charge is 0.326 e. The van der Waals surface area contributed by atoms with Gasteiger partial charge in [0.05, 0.1) is 18.0 Å². The Hall–Kier alpha value is -3.02. The number of carbonyl (C=O) groups is 2. The van der Waals surface area contributed by atoms with Crippen LogP contribution in [-0.4, -0.2) is 18.5 Å². The molecule has 2 atom stereocenters. The Morgan fingerprint density at radius 2 is 1.80 bits per heavy atom. The van der Waals surface area contributed by atoms with Crippen LogP contribution in [0.2, 0.25) is 0 Å². The number of benzene rings is 2. The number of hydrogen-bond acceptors (Lipinski definition) is 5. The first-order valence-corrected chi connectivity index (χ1v) is 8.29. The third-order valence-corrected chi connectivity index (χ3v) is 4.81. The van der Waals surface area contributed by atoms with Crippen LogP contribution in [0.1, 0.15) is 31.1 Å². The molecule has 6 nitrogen and oxygen atoms in total. The molecular formula is C19H19N3O3. The number of hydrogen-bond donors (Lipinski definition) is 3. The van der Waals surface area contributed by atoms with E-state index in [1.54, 1.807) is 13.8 Å². The molecule has 1 amide bonds. The van der Waals surface area contributed by atoms with Crippen LogP contribution < -0.4 is 16.0 Å². The molecule has 128 valence electrons. The summed E-state index contributed by atoms with van der Waals surface area (Å²) < 4.78 is 5.13. The maximum absolute atomic E-state index is 12.4. The summed E-state index contributed by atoms with van der Waals surface area (Å²) in [4.78, 5) is 24.8. The average molecular weight is 337 g/mol. The van der Waals surface area contributed by atoms with Gasteiger partial charge < -0.3 is 20.7 Å². The minimum atomic E-state index is -1.33. The molecule has 4 rings (SSSR count). The number of rotatable bonds is 3. The van der Waals surface area contributed by atoms with Gasteiger partial charge in [0.1, 0.15) is 6.17 Å². The summed E-state index contributed by atoms with van der Waals surface area (Å²) in [5.74, 6) is -0.888. The van der Waals surface area contributed by atoms with Gasteiger partial charge in [-0.15, -0.1) is 0 Å². The van der Waals surface area contributed by atoms with Crippen molar-refractivity contribution in [1.82, 2.24) is 0 Å². The highest BCUT2D eigenvalue weighted by molar-refractivity contribution is 6.19. The molecule has 2 aliphatic rings. The third kappa shape index (κ3) is 2.25. The number of ether oxygens (including phenoxy) is 1. The van der Waals surface area contributed by atoms with E-state index < -0.39 is 11.4 Å². The predicted molar refractivity (Wildman–Crippen MR) is 95.5 cm³/mol. The van der Waals surface area contributed by atoms with Crippen molar-refractivity contribution >= 4 is 28.9 Å². The molecule has 0 saturated heterocycles. The lowest BCUT2D eigenvalue weighted by Crippen LogP contribution is -2.40. The van der Waals surface area contributed by atoms with E-state index in [2.05, 4.69) is 16.0 Å². The predicted octanol–water partition coefficient (Wildman–Crippen LogP) is 3.00. The van der Waals surface area contributed by atoms with Crippen LogP contribution in [0.25, 0.3) is 0 Å². The maximum Gasteiger partial charge on any atom is 0.326 e. The van der Waals surface area contributed by atoms with E-state index in [1.807, 2.05) is 42.5 Å². The minimum Gasteiger partial charge on any atom is -0.465 e. The van der Waals surface area contributed by atoms with E-state index in [4.69, 9.17) is 4.74 Å². The molecular weight excluding hydrogens is 318 g/mol. The van der Waals surface area contributed by atoms with Crippen molar-refractivity contribution in [1.29, 1.82) is 0 Å². The van der Waals surface area contributed by atoms with E-state index in [1.165, 1.54) is 0 Å². The van der Waals surface area contributed by atoms with Gasteiger partial charge >= 0.3 is 5.97 Å². The van der Waals surface area contributed by atoms with Crippen LogP contribution in [0.3, 0.4) is 0 Å². The number of nitrogens with one attached hydrogen (secondary N) is 3. The monoisotopic (exact) mass is 337 g/mol. The van der Waals surface area contributed by atoms with Crippen molar-refractivity contribution in [3.63, 3.8) is 0 Å². The number of anilines is 3. The maximum atomic E-state index is 12.4. The quantitative estimate of drug-likeness (QED) is 0.593. The average Bonchev–Trinajstić information content (AvgIpc) is 3.14. The molecule has 25 heavy (non-hydrogen) atoms. The Bertz CT molecular complexity index is 866. The van der Waals surface area contributed by atoms with Crippen molar-refractivity contribution < 1.29 is 14.3 Å². The molecule has 2 aliphatic heterocycles. The van der Waals surface area contributed by atoms with E-state index in [-0.39, 0.29) is 18.7 Å². The zero-order chi connectivity index (χ0) is 17.6. The van der Waals surface area contributed by atoms with E-state index in [0.717, 1.165) is 16.9 Å². The fourth-order valence-electron chi connectivity index (χ4n) is 3.36. The molecule has 2 unspecified atom stereocenters. The molecule has 2 aromatic carbocycles. The number of carbonyl (C=O) groups excluding carboxylic acids is 2. The first-order chi connectivity index (χ1) is 12.0. The number of amides is 1. The Morgan fingerprint density at radius 3 is 2.48 bits per heavy atom. The van der Waals surface area contributed by atoms with Gasteiger partial charge in [0, 0.05) is 11.3 Å². The molecule has 0 radical (unpaired) electrons. The summed E-state index contributed by atoms with van der Waals surface area (Å²) in [6.07, 6.45) is -0.0525. The first-order valence-electron chi connectivity index (χ1n) is 8.29. The molecule has 0 aliphatic carbocycles. The van der Waals surface area contributed by atoms with Crippen molar-refractivity contribution in [2.45, 2.75) is 25.4 Å². The zero-order valence-electron chi connectivity index (χ0n) is 14.1. The van der Waals surface area contributed by atoms with Gasteiger partial charge in [0.2, 0.25) is 5.91 Å². The van der Waals surface area contributed by atoms with Gasteiger partial charge in [-0.05, 0) is 31.5 Å². The summed E-state index contributed by atoms with van der Waals surface area (Å²) in [6.45, 7) is 3.57. The summed E-state index contributed by atoms with van der Waals surface area (Å²) in [7, 11) is 0. The van der Waals surface area contributed by atoms with Crippen LogP contribution in [0, 0.1) is 0 Å². The van der Waals surface area contributed by atoms with E-state index in [9.17, 15) is 9.59 Å². The Labute approximate surface area is 145 Å². The minimum absolute atomic E-state index is 0.0525. The first kappa shape index (κ1) is 15.5. The Balaban J connectivity index is 1.71. The summed E-state index contributed by atoms with van der Waals surface area (Å²) in [5, 5.41) is 9.60. The molecule has 0 bridgehead atoms. The van der Waals surface area contributed by atoms with Crippen LogP contribution in [0.5, 0.6) is 0 Å². The van der Waals surface area contributed by atoms with Gasteiger partial charge in [-0.1, -0.05) is 30.3 Å². The molecule has 0 fully saturated rings. The largest absolute Gasteiger partial charge is 0.465 e. The molecule has 2 heterocycles. The third-order valence-electron chi connectivity index (χ3n) is 4.81. The van der Waals surface area contributed by atoms with Gasteiger partial charge in [0.15, 0.2) is 5.41 Å². The second kappa shape index (κ2) is 5.51. The highest BCUT2D eigenvalue weighted by atomic mass is 16.5. The highest BCUT2D eigenvalue weighted by Crippen LogP contribution is 2.46. The van der Waals surface area contributed by atoms with Gasteiger partial charge in [-0.3, -0.25) is 9.59 Å². The van der Waals surface area contributed by atoms with E-state index in [0.29, 0.717) is 11.3 Å². The second-order valence-corrected chi connectivity index (χ2v) is 6.38. The molecule has 0 aromatic heterocycles. The number of fused-ring (bicyclic) bond motifs is 2. The number of esters is 1. The van der Waals surface area contributed by atoms with Crippen molar-refractivity contribution in [3.8, 4) is 0 Å². The summed E-state index contributed by atoms with van der Waals surface area (Å²) in [5.41, 5.74) is 2.81. The second-order valence-electron chi connectivity index (χ2n) is 6.38. The summed E-state index contributed by atoms with van der Waals surface area (Å²) >= 11 is 0. The molecule has 0 spiro atoms. The normalized spacial score (nSPS) is 23.1. The van der Waals surface area contributed by atoms with Gasteiger partial charge in [-0.2, -0.15) is 0 Å². The zero-order valence-corrected chi connectivity index (χ0v) is 14.1. The van der Waals surface area contributed by atoms with E-state index >= 15 is 0 Å². The topological polar surface area (TPSA) is 79.5 Å². The lowest BCUT2D eigenvalue weighted by atomic mass is 9.83. The Kier molecular flexibility index (Phi) is 3.42. The highest BCUT2D eigenvalue weighted by Gasteiger charge is 2.51. The van der Waals surface area contributed by atoms with Crippen LogP contribution in [0.15, 0.2) is 42.5 Å². The van der Waals surface area contributed by atoms with Gasteiger partial charge in [0.25, 0.3) is 0 Å². The molecule has 6 heteroatoms. The fourth-order valence-corrected chi connectivity index (χ4v) is 3.36. The van der Waals surface area contributed by atoms with Crippen LogP contribution in [0.4, 0.5) is 17.1 Å². The van der Waals surface area contributed by atoms with Crippen LogP contribution >= 0.6 is 0 Å². The van der Waals surface area contributed by atoms with Crippen LogP contribution in [-0.2, 0) is 19.7 Å². The fraction of sp³-hybridized carbons (Fsp3) is 0.263. The Morgan fingerprint density at radius 1 is 1.12 bits per heavy atom. The lowest BCUT2D eigenvalue weighted by Gasteiger charge is -2.20.